The molecule has 1 fully saturated rings. The number of halogens is 1. The number of hydrogen-bond donors (Lipinski definition) is 2. The topological polar surface area (TPSA) is 96.5 Å². The Morgan fingerprint density at radius 3 is 2.51 bits per heavy atom. The molecule has 0 aliphatic carbocycles. The summed E-state index contributed by atoms with van der Waals surface area (Å²) in [6.45, 7) is 3.64. The first-order chi connectivity index (χ1) is 18.9. The summed E-state index contributed by atoms with van der Waals surface area (Å²) in [5, 5.41) is 3.13. The van der Waals surface area contributed by atoms with Crippen molar-refractivity contribution in [2.75, 3.05) is 49.2 Å². The SMILES string of the molecule is CN1CCN(c2cc3nc4n(c(=O)c3cc2F)CC/C4=C\c2ccc(C(=O)Nc3ccccc3N)cc2)CC1. The van der Waals surface area contributed by atoms with Crippen molar-refractivity contribution in [3.8, 4) is 0 Å². The van der Waals surface area contributed by atoms with Crippen LogP contribution in [0.15, 0.2) is 65.5 Å². The van der Waals surface area contributed by atoms with Gasteiger partial charge >= 0.3 is 0 Å². The molecule has 3 N–H and O–H groups in total. The fourth-order valence-electron chi connectivity index (χ4n) is 5.19. The molecule has 1 aromatic heterocycles. The van der Waals surface area contributed by atoms with E-state index in [1.807, 2.05) is 35.2 Å². The Hall–Kier alpha value is -4.50. The number of para-hydroxylation sites is 2. The van der Waals surface area contributed by atoms with Crippen molar-refractivity contribution < 1.29 is 9.18 Å². The predicted octanol–water partition coefficient (Wildman–Crippen LogP) is 4.07. The first kappa shape index (κ1) is 24.8. The van der Waals surface area contributed by atoms with E-state index in [0.717, 1.165) is 37.3 Å². The predicted molar refractivity (Wildman–Crippen MR) is 153 cm³/mol. The van der Waals surface area contributed by atoms with E-state index >= 15 is 4.39 Å². The van der Waals surface area contributed by atoms with Gasteiger partial charge in [0, 0.05) is 38.3 Å². The molecule has 1 amide bonds. The summed E-state index contributed by atoms with van der Waals surface area (Å²) in [5.41, 5.74) is 10.1. The van der Waals surface area contributed by atoms with E-state index < -0.39 is 0 Å². The van der Waals surface area contributed by atoms with Gasteiger partial charge in [-0.25, -0.2) is 9.37 Å². The number of rotatable bonds is 4. The van der Waals surface area contributed by atoms with Gasteiger partial charge in [0.25, 0.3) is 11.5 Å². The molecule has 198 valence electrons. The van der Waals surface area contributed by atoms with Crippen LogP contribution in [0.2, 0.25) is 0 Å². The van der Waals surface area contributed by atoms with E-state index in [-0.39, 0.29) is 17.3 Å². The molecule has 9 heteroatoms. The number of hydrogen-bond acceptors (Lipinski definition) is 6. The molecule has 0 atom stereocenters. The molecule has 39 heavy (non-hydrogen) atoms. The van der Waals surface area contributed by atoms with Crippen LogP contribution in [0.3, 0.4) is 0 Å². The van der Waals surface area contributed by atoms with Gasteiger partial charge < -0.3 is 20.9 Å². The van der Waals surface area contributed by atoms with Gasteiger partial charge in [0.05, 0.1) is 28.0 Å². The Morgan fingerprint density at radius 2 is 1.77 bits per heavy atom. The molecule has 4 aromatic rings. The molecule has 6 rings (SSSR count). The molecule has 0 radical (unpaired) electrons. The number of nitrogens with two attached hydrogens (primary N) is 1. The monoisotopic (exact) mass is 524 g/mol. The quantitative estimate of drug-likeness (QED) is 0.391. The van der Waals surface area contributed by atoms with E-state index in [4.69, 9.17) is 10.7 Å². The number of allylic oxidation sites excluding steroid dienone is 1. The van der Waals surface area contributed by atoms with Gasteiger partial charge in [-0.15, -0.1) is 0 Å². The third-order valence-electron chi connectivity index (χ3n) is 7.48. The Kier molecular flexibility index (Phi) is 6.36. The van der Waals surface area contributed by atoms with Crippen molar-refractivity contribution in [2.24, 2.45) is 0 Å². The van der Waals surface area contributed by atoms with Gasteiger partial charge in [-0.05, 0) is 67.1 Å². The zero-order valence-electron chi connectivity index (χ0n) is 21.7. The number of aromatic nitrogens is 2. The molecule has 0 bridgehead atoms. The van der Waals surface area contributed by atoms with Crippen LogP contribution in [0.25, 0.3) is 22.6 Å². The Bertz CT molecular complexity index is 1670. The number of piperazine rings is 1. The van der Waals surface area contributed by atoms with Crippen LogP contribution in [-0.2, 0) is 6.54 Å². The summed E-state index contributed by atoms with van der Waals surface area (Å²) in [7, 11) is 2.05. The van der Waals surface area contributed by atoms with Gasteiger partial charge in [-0.1, -0.05) is 24.3 Å². The number of nitrogens with one attached hydrogen (secondary N) is 1. The summed E-state index contributed by atoms with van der Waals surface area (Å²) in [5.74, 6) is -0.0365. The van der Waals surface area contributed by atoms with Crippen molar-refractivity contribution in [3.63, 3.8) is 0 Å². The molecule has 3 aromatic carbocycles. The Balaban J connectivity index is 1.28. The van der Waals surface area contributed by atoms with Crippen LogP contribution in [0, 0.1) is 5.82 Å². The maximum absolute atomic E-state index is 15.1. The molecule has 0 spiro atoms. The summed E-state index contributed by atoms with van der Waals surface area (Å²) in [6.07, 6.45) is 2.63. The number of benzene rings is 3. The van der Waals surface area contributed by atoms with Gasteiger partial charge in [0.15, 0.2) is 0 Å². The van der Waals surface area contributed by atoms with Crippen molar-refractivity contribution in [1.82, 2.24) is 14.5 Å². The summed E-state index contributed by atoms with van der Waals surface area (Å²) in [6, 6.07) is 17.4. The maximum atomic E-state index is 15.1. The van der Waals surface area contributed by atoms with Crippen LogP contribution in [0.4, 0.5) is 21.5 Å². The molecule has 0 unspecified atom stereocenters. The molecule has 1 saturated heterocycles. The van der Waals surface area contributed by atoms with Gasteiger partial charge in [-0.3, -0.25) is 14.2 Å². The lowest BCUT2D eigenvalue weighted by atomic mass is 10.1. The van der Waals surface area contributed by atoms with Crippen LogP contribution in [-0.4, -0.2) is 53.6 Å². The highest BCUT2D eigenvalue weighted by molar-refractivity contribution is 6.05. The number of amides is 1. The lowest BCUT2D eigenvalue weighted by Crippen LogP contribution is -2.44. The van der Waals surface area contributed by atoms with Crippen LogP contribution >= 0.6 is 0 Å². The molecule has 2 aliphatic heterocycles. The molecule has 0 saturated carbocycles. The number of nitrogens with zero attached hydrogens (tertiary/aromatic N) is 4. The smallest absolute Gasteiger partial charge is 0.261 e. The minimum atomic E-state index is -0.389. The van der Waals surface area contributed by atoms with Crippen molar-refractivity contribution >= 4 is 45.5 Å². The standard InChI is InChI=1S/C30H29FN6O2/c1-35-12-14-36(15-13-35)27-18-26-22(17-23(27)31)30(39)37-11-10-21(28(37)33-26)16-19-6-8-20(9-7-19)29(38)34-25-5-3-2-4-24(25)32/h2-9,16-18H,10-15,32H2,1H3,(H,34,38)/b21-16+. The van der Waals surface area contributed by atoms with E-state index in [2.05, 4.69) is 17.3 Å². The van der Waals surface area contributed by atoms with E-state index in [9.17, 15) is 9.59 Å². The Labute approximate surface area is 225 Å². The van der Waals surface area contributed by atoms with Gasteiger partial charge in [0.1, 0.15) is 11.6 Å². The maximum Gasteiger partial charge on any atom is 0.261 e. The normalized spacial score (nSPS) is 16.6. The summed E-state index contributed by atoms with van der Waals surface area (Å²) < 4.78 is 16.7. The minimum absolute atomic E-state index is 0.227. The number of fused-ring (bicyclic) bond motifs is 2. The van der Waals surface area contributed by atoms with E-state index in [0.29, 0.717) is 52.3 Å². The van der Waals surface area contributed by atoms with Crippen molar-refractivity contribution in [3.05, 3.63) is 93.8 Å². The average molecular weight is 525 g/mol. The van der Waals surface area contributed by atoms with Crippen molar-refractivity contribution in [1.29, 1.82) is 0 Å². The molecule has 2 aliphatic rings. The van der Waals surface area contributed by atoms with Crippen LogP contribution in [0.5, 0.6) is 0 Å². The lowest BCUT2D eigenvalue weighted by molar-refractivity contribution is 0.102. The van der Waals surface area contributed by atoms with Gasteiger partial charge in [-0.2, -0.15) is 0 Å². The lowest BCUT2D eigenvalue weighted by Gasteiger charge is -2.34. The zero-order chi connectivity index (χ0) is 27.1. The Morgan fingerprint density at radius 1 is 1.03 bits per heavy atom. The summed E-state index contributed by atoms with van der Waals surface area (Å²) >= 11 is 0. The van der Waals surface area contributed by atoms with Crippen molar-refractivity contribution in [2.45, 2.75) is 13.0 Å². The highest BCUT2D eigenvalue weighted by Crippen LogP contribution is 2.30. The number of likely N-dealkylation sites (N-methyl/N-ethyl adjacent to an activating group) is 1. The van der Waals surface area contributed by atoms with E-state index in [1.54, 1.807) is 34.9 Å². The first-order valence-corrected chi connectivity index (χ1v) is 13.0. The fraction of sp³-hybridized carbons (Fsp3) is 0.233. The van der Waals surface area contributed by atoms with Crippen LogP contribution < -0.4 is 21.5 Å². The fourth-order valence-corrected chi connectivity index (χ4v) is 5.19. The minimum Gasteiger partial charge on any atom is -0.397 e. The average Bonchev–Trinajstić information content (AvgIpc) is 3.33. The summed E-state index contributed by atoms with van der Waals surface area (Å²) in [4.78, 5) is 35.0. The van der Waals surface area contributed by atoms with Crippen LogP contribution in [0.1, 0.15) is 28.2 Å². The third kappa shape index (κ3) is 4.77. The second kappa shape index (κ2) is 9.99. The molecular weight excluding hydrogens is 495 g/mol. The van der Waals surface area contributed by atoms with Gasteiger partial charge in [0.2, 0.25) is 0 Å². The number of carbonyl (C=O) groups is 1. The van der Waals surface area contributed by atoms with E-state index in [1.165, 1.54) is 6.07 Å². The second-order valence-electron chi connectivity index (χ2n) is 10.1. The largest absolute Gasteiger partial charge is 0.397 e. The number of nitrogen functional groups attached to an aromatic ring is 1. The number of anilines is 3. The highest BCUT2D eigenvalue weighted by Gasteiger charge is 2.24. The third-order valence-corrected chi connectivity index (χ3v) is 7.48. The zero-order valence-corrected chi connectivity index (χ0v) is 21.7. The molecule has 3 heterocycles. The molecule has 8 nitrogen and oxygen atoms in total. The number of carbonyl (C=O) groups excluding carboxylic acids is 1. The molecular formula is C30H29FN6O2. The second-order valence-corrected chi connectivity index (χ2v) is 10.1. The highest BCUT2D eigenvalue weighted by atomic mass is 19.1. The first-order valence-electron chi connectivity index (χ1n) is 13.0.